The third-order valence-corrected chi connectivity index (χ3v) is 23.3. The zero-order valence-corrected chi connectivity index (χ0v) is 12.1. The van der Waals surface area contributed by atoms with Crippen molar-refractivity contribution < 1.29 is 0 Å². The summed E-state index contributed by atoms with van der Waals surface area (Å²) in [6.45, 7) is 6.79. The van der Waals surface area contributed by atoms with Gasteiger partial charge in [-0.15, -0.1) is 0 Å². The molecule has 0 amide bonds. The van der Waals surface area contributed by atoms with Gasteiger partial charge in [-0.05, 0) is 0 Å². The Bertz CT molecular complexity index is 79.3. The third kappa shape index (κ3) is 4.17. The van der Waals surface area contributed by atoms with Crippen molar-refractivity contribution in [2.75, 3.05) is 0 Å². The molecule has 0 aromatic rings. The van der Waals surface area contributed by atoms with Crippen LogP contribution < -0.4 is 0 Å². The number of unbranched alkanes of at least 4 members (excludes halogenated alkanes) is 1. The summed E-state index contributed by atoms with van der Waals surface area (Å²) in [6, 6.07) is 0. The molecule has 0 nitrogen and oxygen atoms in total. The van der Waals surface area contributed by atoms with Gasteiger partial charge in [-0.25, -0.2) is 0 Å². The van der Waals surface area contributed by atoms with E-state index < -0.39 is 19.9 Å². The first-order valence-corrected chi connectivity index (χ1v) is 17.4. The summed E-state index contributed by atoms with van der Waals surface area (Å²) in [5.41, 5.74) is 0. The summed E-state index contributed by atoms with van der Waals surface area (Å²) in [5, 5.41) is 0. The summed E-state index contributed by atoms with van der Waals surface area (Å²) in [6.07, 6.45) is 2.68. The van der Waals surface area contributed by atoms with Crippen LogP contribution in [0.1, 0.15) is 33.6 Å². The van der Waals surface area contributed by atoms with E-state index in [9.17, 15) is 0 Å². The van der Waals surface area contributed by atoms with Gasteiger partial charge in [-0.1, -0.05) is 0 Å². The van der Waals surface area contributed by atoms with Gasteiger partial charge in [0, 0.05) is 0 Å². The fourth-order valence-corrected chi connectivity index (χ4v) is 10.8. The van der Waals surface area contributed by atoms with Crippen molar-refractivity contribution in [3.63, 3.8) is 0 Å². The second-order valence-corrected chi connectivity index (χ2v) is 26.4. The topological polar surface area (TPSA) is 0 Å². The minimum atomic E-state index is -2.06. The Kier molecular flexibility index (Phi) is 6.52. The Morgan fingerprint density at radius 3 is 1.90 bits per heavy atom. The molecule has 0 saturated carbocycles. The molecular weight excluding hydrogens is 339 g/mol. The van der Waals surface area contributed by atoms with Crippen LogP contribution in [0.3, 0.4) is 0 Å². The van der Waals surface area contributed by atoms with Crippen molar-refractivity contribution in [1.82, 2.24) is 0 Å². The first-order chi connectivity index (χ1) is 4.68. The first-order valence-electron chi connectivity index (χ1n) is 4.37. The van der Waals surface area contributed by atoms with Crippen LogP contribution in [0.2, 0.25) is 11.9 Å². The van der Waals surface area contributed by atoms with Gasteiger partial charge >= 0.3 is 73.8 Å². The van der Waals surface area contributed by atoms with Gasteiger partial charge in [0.05, 0.1) is 0 Å². The van der Waals surface area contributed by atoms with Crippen molar-refractivity contribution in [3.05, 3.63) is 0 Å². The van der Waals surface area contributed by atoms with Crippen molar-refractivity contribution in [2.45, 2.75) is 45.6 Å². The Labute approximate surface area is 73.5 Å². The normalized spacial score (nSPS) is 12.0. The molecule has 10 heavy (non-hydrogen) atoms. The molecule has 0 rings (SSSR count). The van der Waals surface area contributed by atoms with Crippen LogP contribution in [0.5, 0.6) is 0 Å². The van der Waals surface area contributed by atoms with E-state index in [1.807, 2.05) is 0 Å². The van der Waals surface area contributed by atoms with E-state index in [-0.39, 0.29) is 0 Å². The van der Waals surface area contributed by atoms with Crippen LogP contribution in [0, 0.1) is 0 Å². The fourth-order valence-electron chi connectivity index (χ4n) is 1.10. The average Bonchev–Trinajstić information content (AvgIpc) is 2.00. The third-order valence-electron chi connectivity index (χ3n) is 2.25. The molecule has 0 saturated heterocycles. The molecule has 0 spiro atoms. The van der Waals surface area contributed by atoms with Crippen LogP contribution in [-0.2, 0) is 0 Å². The molecule has 0 atom stereocenters. The Morgan fingerprint density at radius 2 is 1.60 bits per heavy atom. The molecule has 0 bridgehead atoms. The Balaban J connectivity index is 3.58. The van der Waals surface area contributed by atoms with E-state index in [1.165, 1.54) is 24.8 Å². The van der Waals surface area contributed by atoms with E-state index in [2.05, 4.69) is 20.8 Å². The first kappa shape index (κ1) is 11.2. The number of hydrogen-bond donors (Lipinski definition) is 0. The van der Waals surface area contributed by atoms with Crippen molar-refractivity contribution in [2.24, 2.45) is 0 Å². The summed E-state index contributed by atoms with van der Waals surface area (Å²) >= 11 is -2.06. The van der Waals surface area contributed by atoms with Gasteiger partial charge in [0.2, 0.25) is 0 Å². The van der Waals surface area contributed by atoms with Crippen LogP contribution >= 0.6 is 8.32 Å². The zero-order valence-electron chi connectivity index (χ0n) is 7.41. The molecule has 0 unspecified atom stereocenters. The van der Waals surface area contributed by atoms with Crippen molar-refractivity contribution >= 4 is 28.3 Å². The van der Waals surface area contributed by atoms with E-state index in [4.69, 9.17) is 8.32 Å². The standard InChI is InChI=1S/C4H9.2C2H5.ClH.Pb/c1-3-4-2;2*1-2;;/h1,3-4H2,2H3;2*1H2,2H3;1H;/q;;;;+1/p-1. The summed E-state index contributed by atoms with van der Waals surface area (Å²) < 4.78 is 4.05. The molecule has 0 fully saturated rings. The molecule has 0 aliphatic rings. The molecule has 0 radical (unpaired) electrons. The molecule has 0 aromatic heterocycles. The summed E-state index contributed by atoms with van der Waals surface area (Å²) in [4.78, 5) is 0. The van der Waals surface area contributed by atoms with Crippen LogP contribution in [0.25, 0.3) is 0 Å². The molecule has 62 valence electrons. The van der Waals surface area contributed by atoms with Gasteiger partial charge in [0.1, 0.15) is 0 Å². The molecule has 0 aliphatic heterocycles. The monoisotopic (exact) mass is 358 g/mol. The van der Waals surface area contributed by atoms with Gasteiger partial charge in [0.25, 0.3) is 0 Å². The van der Waals surface area contributed by atoms with Crippen LogP contribution in [-0.4, -0.2) is 19.9 Å². The molecular formula is C8H19ClPb. The number of rotatable bonds is 5. The average molecular weight is 358 g/mol. The van der Waals surface area contributed by atoms with Gasteiger partial charge < -0.3 is 0 Å². The van der Waals surface area contributed by atoms with E-state index >= 15 is 0 Å². The van der Waals surface area contributed by atoms with Gasteiger partial charge in [-0.3, -0.25) is 0 Å². The maximum absolute atomic E-state index is 6.51. The predicted octanol–water partition coefficient (Wildman–Crippen LogP) is 4.01. The molecule has 0 aliphatic carbocycles. The zero-order chi connectivity index (χ0) is 8.04. The molecule has 0 aromatic carbocycles. The predicted molar refractivity (Wildman–Crippen MR) is 52.3 cm³/mol. The quantitative estimate of drug-likeness (QED) is 0.652. The number of halogens is 1. The van der Waals surface area contributed by atoms with Crippen molar-refractivity contribution in [3.8, 4) is 0 Å². The van der Waals surface area contributed by atoms with Crippen LogP contribution in [0.4, 0.5) is 0 Å². The fraction of sp³-hybridized carbons (Fsp3) is 1.00. The maximum atomic E-state index is 6.51. The second-order valence-electron chi connectivity index (χ2n) is 2.96. The second kappa shape index (κ2) is 5.81. The SMILES string of the molecule is CCC[CH2][Pb]([Cl])([CH2]C)[CH2]C. The summed E-state index contributed by atoms with van der Waals surface area (Å²) in [5.74, 6) is 0. The molecule has 0 heterocycles. The Hall–Kier alpha value is 1.21. The Morgan fingerprint density at radius 1 is 1.10 bits per heavy atom. The van der Waals surface area contributed by atoms with E-state index in [0.29, 0.717) is 0 Å². The molecule has 2 heteroatoms. The van der Waals surface area contributed by atoms with E-state index in [1.54, 1.807) is 0 Å². The van der Waals surface area contributed by atoms with E-state index in [0.717, 1.165) is 0 Å². The van der Waals surface area contributed by atoms with Crippen LogP contribution in [0.15, 0.2) is 0 Å². The minimum absolute atomic E-state index is 1.31. The number of hydrogen-bond acceptors (Lipinski definition) is 0. The van der Waals surface area contributed by atoms with Gasteiger partial charge in [-0.2, -0.15) is 0 Å². The molecule has 0 N–H and O–H groups in total. The van der Waals surface area contributed by atoms with Gasteiger partial charge in [0.15, 0.2) is 0 Å². The summed E-state index contributed by atoms with van der Waals surface area (Å²) in [7, 11) is 6.51. The van der Waals surface area contributed by atoms with Crippen molar-refractivity contribution in [1.29, 1.82) is 0 Å².